The topological polar surface area (TPSA) is 134 Å². The number of aliphatic hydroxyl groups is 1. The summed E-state index contributed by atoms with van der Waals surface area (Å²) in [6, 6.07) is 22.8. The number of phenolic OH excluding ortho intramolecular Hbond substituents is 1. The van der Waals surface area contributed by atoms with Crippen molar-refractivity contribution in [3.63, 3.8) is 0 Å². The van der Waals surface area contributed by atoms with E-state index >= 15 is 0 Å². The lowest BCUT2D eigenvalue weighted by atomic mass is 9.81. The maximum Gasteiger partial charge on any atom is 0.163 e. The standard InChI is InChI=1S/C48H61N3O5/c1-50-32-37-13-7-14-38(23-24-52)39(26-37)15-8-16-44(53)31-45(54)22-21-40-29-47(56-2)46(55)28-42(40)27-43-33-51-48(49)30-41(43)20-19-36-12-6-11-35(25-36)18-17-34-9-4-3-5-10-34/h3-7,9-12,14,21-22,25,28-30,33,37-39,48,50-52,55H,8,13,15-20,23-24,26-27,31-32,49H2,1-2H3/b22-21+/t37-,38-,39+,48?/m0/s1. The third-order valence-electron chi connectivity index (χ3n) is 11.2. The summed E-state index contributed by atoms with van der Waals surface area (Å²) in [6.45, 7) is 1.11. The van der Waals surface area contributed by atoms with Gasteiger partial charge in [0.1, 0.15) is 5.78 Å². The number of aliphatic hydroxyl groups excluding tert-OH is 1. The maximum atomic E-state index is 13.1. The summed E-state index contributed by atoms with van der Waals surface area (Å²) < 4.78 is 5.42. The molecule has 1 heterocycles. The minimum atomic E-state index is -0.300. The Morgan fingerprint density at radius 3 is 2.46 bits per heavy atom. The highest BCUT2D eigenvalue weighted by molar-refractivity contribution is 6.06. The van der Waals surface area contributed by atoms with Gasteiger partial charge in [-0.2, -0.15) is 0 Å². The molecule has 0 saturated carbocycles. The van der Waals surface area contributed by atoms with Crippen LogP contribution in [0.4, 0.5) is 0 Å². The molecular formula is C48H61N3O5. The van der Waals surface area contributed by atoms with Crippen LogP contribution in [0.25, 0.3) is 6.08 Å². The van der Waals surface area contributed by atoms with Gasteiger partial charge in [0.2, 0.25) is 0 Å². The van der Waals surface area contributed by atoms with Crippen molar-refractivity contribution in [2.45, 2.75) is 83.2 Å². The normalized spacial score (nSPS) is 19.6. The van der Waals surface area contributed by atoms with Crippen LogP contribution in [0.5, 0.6) is 11.5 Å². The summed E-state index contributed by atoms with van der Waals surface area (Å²) in [5.74, 6) is 1.27. The number of carbonyl (C=O) groups excluding carboxylic acids is 2. The minimum Gasteiger partial charge on any atom is -0.504 e. The molecule has 3 aromatic carbocycles. The molecule has 0 fully saturated rings. The second kappa shape index (κ2) is 22.1. The van der Waals surface area contributed by atoms with Gasteiger partial charge in [0.05, 0.1) is 19.7 Å². The maximum absolute atomic E-state index is 13.1. The Hall–Kier alpha value is -4.76. The number of hydrogen-bond acceptors (Lipinski definition) is 8. The molecule has 1 unspecified atom stereocenters. The molecule has 1 aliphatic heterocycles. The number of ketones is 2. The van der Waals surface area contributed by atoms with Crippen molar-refractivity contribution in [1.82, 2.24) is 10.6 Å². The Labute approximate surface area is 333 Å². The van der Waals surface area contributed by atoms with E-state index in [0.29, 0.717) is 36.3 Å². The van der Waals surface area contributed by atoms with Crippen molar-refractivity contribution in [3.8, 4) is 11.5 Å². The summed E-state index contributed by atoms with van der Waals surface area (Å²) in [5, 5.41) is 26.9. The number of carbonyl (C=O) groups is 2. The number of aryl methyl sites for hydroxylation is 3. The zero-order valence-electron chi connectivity index (χ0n) is 33.2. The number of allylic oxidation sites excluding steroid dienone is 5. The average molecular weight is 760 g/mol. The molecule has 0 bridgehead atoms. The Morgan fingerprint density at radius 1 is 0.964 bits per heavy atom. The van der Waals surface area contributed by atoms with E-state index in [1.54, 1.807) is 18.2 Å². The number of dihydropyridines is 1. The van der Waals surface area contributed by atoms with Crippen molar-refractivity contribution in [2.24, 2.45) is 23.5 Å². The van der Waals surface area contributed by atoms with Crippen molar-refractivity contribution in [2.75, 3.05) is 27.3 Å². The molecule has 298 valence electrons. The van der Waals surface area contributed by atoms with Crippen LogP contribution in [0.2, 0.25) is 0 Å². The second-order valence-corrected chi connectivity index (χ2v) is 15.4. The lowest BCUT2D eigenvalue weighted by Crippen LogP contribution is -2.35. The average Bonchev–Trinajstić information content (AvgIpc) is 3.38. The summed E-state index contributed by atoms with van der Waals surface area (Å²) >= 11 is 0. The van der Waals surface area contributed by atoms with Crippen LogP contribution < -0.4 is 21.1 Å². The fourth-order valence-corrected chi connectivity index (χ4v) is 8.18. The quantitative estimate of drug-likeness (QED) is 0.0427. The Morgan fingerprint density at radius 2 is 1.71 bits per heavy atom. The number of nitrogens with one attached hydrogen (secondary N) is 2. The number of Topliss-reactive ketones (excluding diaryl/α,β-unsaturated/α-hetero) is 1. The third-order valence-corrected chi connectivity index (χ3v) is 11.2. The van der Waals surface area contributed by atoms with Gasteiger partial charge >= 0.3 is 0 Å². The largest absolute Gasteiger partial charge is 0.504 e. The van der Waals surface area contributed by atoms with Gasteiger partial charge in [-0.25, -0.2) is 0 Å². The fraction of sp³-hybridized carbons (Fsp3) is 0.417. The predicted octanol–water partition coefficient (Wildman–Crippen LogP) is 7.57. The van der Waals surface area contributed by atoms with Crippen molar-refractivity contribution in [1.29, 1.82) is 0 Å². The number of phenols is 1. The summed E-state index contributed by atoms with van der Waals surface area (Å²) in [6.07, 6.45) is 20.2. The highest BCUT2D eigenvalue weighted by Gasteiger charge is 2.25. The van der Waals surface area contributed by atoms with E-state index in [0.717, 1.165) is 86.6 Å². The summed E-state index contributed by atoms with van der Waals surface area (Å²) in [7, 11) is 3.47. The van der Waals surface area contributed by atoms with Gasteiger partial charge in [0.15, 0.2) is 17.3 Å². The van der Waals surface area contributed by atoms with Gasteiger partial charge < -0.3 is 31.3 Å². The number of ether oxygens (including phenoxy) is 1. The van der Waals surface area contributed by atoms with E-state index in [4.69, 9.17) is 10.5 Å². The van der Waals surface area contributed by atoms with Gasteiger partial charge in [-0.15, -0.1) is 0 Å². The predicted molar refractivity (Wildman–Crippen MR) is 226 cm³/mol. The minimum absolute atomic E-state index is 0.0164. The molecule has 0 spiro atoms. The Bertz CT molecular complexity index is 1860. The van der Waals surface area contributed by atoms with Gasteiger partial charge in [-0.1, -0.05) is 72.8 Å². The second-order valence-electron chi connectivity index (χ2n) is 15.4. The molecule has 1 aliphatic carbocycles. The van der Waals surface area contributed by atoms with E-state index in [-0.39, 0.29) is 36.5 Å². The van der Waals surface area contributed by atoms with Crippen molar-refractivity contribution < 1.29 is 24.5 Å². The van der Waals surface area contributed by atoms with Crippen LogP contribution in [-0.2, 0) is 35.3 Å². The highest BCUT2D eigenvalue weighted by Crippen LogP contribution is 2.35. The van der Waals surface area contributed by atoms with Crippen molar-refractivity contribution in [3.05, 3.63) is 136 Å². The molecule has 6 N–H and O–H groups in total. The number of benzene rings is 3. The molecule has 0 radical (unpaired) electrons. The van der Waals surface area contributed by atoms with Gasteiger partial charge in [0.25, 0.3) is 0 Å². The molecule has 56 heavy (non-hydrogen) atoms. The molecule has 5 rings (SSSR count). The van der Waals surface area contributed by atoms with Crippen LogP contribution >= 0.6 is 0 Å². The Balaban J connectivity index is 1.19. The third kappa shape index (κ3) is 13.2. The van der Waals surface area contributed by atoms with Crippen molar-refractivity contribution >= 4 is 17.6 Å². The highest BCUT2D eigenvalue weighted by atomic mass is 16.5. The molecule has 0 aromatic heterocycles. The van der Waals surface area contributed by atoms with Gasteiger partial charge in [-0.05, 0) is 159 Å². The molecule has 2 aliphatic rings. The molecular weight excluding hydrogens is 699 g/mol. The first kappa shape index (κ1) is 42.4. The molecule has 8 nitrogen and oxygen atoms in total. The van der Waals surface area contributed by atoms with Crippen LogP contribution in [0.3, 0.4) is 0 Å². The Kier molecular flexibility index (Phi) is 16.7. The number of rotatable bonds is 21. The first-order valence-corrected chi connectivity index (χ1v) is 20.3. The molecule has 0 amide bonds. The lowest BCUT2D eigenvalue weighted by Gasteiger charge is -2.26. The number of nitrogens with two attached hydrogens (primary N) is 1. The number of aromatic hydroxyl groups is 1. The van der Waals surface area contributed by atoms with E-state index in [1.165, 1.54) is 29.9 Å². The molecule has 8 heteroatoms. The van der Waals surface area contributed by atoms with Gasteiger partial charge in [0, 0.05) is 19.2 Å². The van der Waals surface area contributed by atoms with E-state index in [2.05, 4.69) is 77.4 Å². The summed E-state index contributed by atoms with van der Waals surface area (Å²) in [5.41, 5.74) is 14.0. The molecule has 4 atom stereocenters. The van der Waals surface area contributed by atoms with E-state index in [1.807, 2.05) is 19.3 Å². The van der Waals surface area contributed by atoms with E-state index < -0.39 is 0 Å². The van der Waals surface area contributed by atoms with Crippen LogP contribution in [0.1, 0.15) is 79.2 Å². The zero-order valence-corrected chi connectivity index (χ0v) is 33.2. The molecule has 0 saturated heterocycles. The van der Waals surface area contributed by atoms with Crippen LogP contribution in [0.15, 0.2) is 108 Å². The molecule has 3 aromatic rings. The van der Waals surface area contributed by atoms with E-state index in [9.17, 15) is 19.8 Å². The van der Waals surface area contributed by atoms with Crippen LogP contribution in [-0.4, -0.2) is 55.3 Å². The fourth-order valence-electron chi connectivity index (χ4n) is 8.18. The van der Waals surface area contributed by atoms with Crippen LogP contribution in [0, 0.1) is 17.8 Å². The number of hydrogen-bond donors (Lipinski definition) is 5. The zero-order chi connectivity index (χ0) is 39.7. The lowest BCUT2D eigenvalue weighted by molar-refractivity contribution is -0.124. The first-order chi connectivity index (χ1) is 27.2. The number of methoxy groups -OCH3 is 1. The monoisotopic (exact) mass is 759 g/mol. The summed E-state index contributed by atoms with van der Waals surface area (Å²) in [4.78, 5) is 26.0. The first-order valence-electron chi connectivity index (χ1n) is 20.3. The smallest absolute Gasteiger partial charge is 0.163 e. The van der Waals surface area contributed by atoms with Gasteiger partial charge in [-0.3, -0.25) is 9.59 Å². The SMILES string of the molecule is CNC[C@H]1CC=C[C@@H](CCO)[C@H](CCCC(=O)CC(=O)/C=C/c2cc(OC)c(O)cc2CC2=CNC(N)C=C2CCc2cccc(CCc3ccccc3)c2)C1.